The summed E-state index contributed by atoms with van der Waals surface area (Å²) in [6, 6.07) is 17.2. The first kappa shape index (κ1) is 21.8. The number of aromatic nitrogens is 1. The van der Waals surface area contributed by atoms with Crippen LogP contribution in [0.15, 0.2) is 60.7 Å². The molecule has 30 heavy (non-hydrogen) atoms. The third-order valence-electron chi connectivity index (χ3n) is 4.53. The monoisotopic (exact) mass is 436 g/mol. The number of rotatable bonds is 7. The van der Waals surface area contributed by atoms with Crippen molar-refractivity contribution in [3.8, 4) is 11.5 Å². The largest absolute Gasteiger partial charge is 0.497 e. The van der Waals surface area contributed by atoms with Gasteiger partial charge in [0, 0.05) is 13.1 Å². The van der Waals surface area contributed by atoms with Crippen LogP contribution in [0.3, 0.4) is 0 Å². The molecule has 0 N–H and O–H groups in total. The molecule has 0 aliphatic heterocycles. The lowest BCUT2D eigenvalue weighted by Gasteiger charge is -2.25. The fourth-order valence-corrected chi connectivity index (χ4v) is 3.19. The molecular weight excluding hydrogens is 417 g/mol. The van der Waals surface area contributed by atoms with Gasteiger partial charge in [-0.3, -0.25) is 0 Å². The molecule has 0 amide bonds. The van der Waals surface area contributed by atoms with Crippen LogP contribution in [0.25, 0.3) is 0 Å². The summed E-state index contributed by atoms with van der Waals surface area (Å²) in [7, 11) is 3.16. The summed E-state index contributed by atoms with van der Waals surface area (Å²) in [6.45, 7) is 0.843. The highest BCUT2D eigenvalue weighted by Gasteiger charge is 2.34. The molecule has 1 heterocycles. The standard InChI is InChI=1S/C22H20ClF3N2O2/c1-29-17-7-3-15(4-8-17)13-28(14-16-5-9-18(30-2)10-6-16)20-12-11-19(21(23)27-20)22(24,25)26/h3-12H,13-14H2,1-2H3. The van der Waals surface area contributed by atoms with Crippen LogP contribution in [0, 0.1) is 0 Å². The lowest BCUT2D eigenvalue weighted by Crippen LogP contribution is -2.23. The van der Waals surface area contributed by atoms with E-state index in [9.17, 15) is 13.2 Å². The van der Waals surface area contributed by atoms with Crippen LogP contribution in [-0.4, -0.2) is 19.2 Å². The molecule has 0 atom stereocenters. The number of pyridine rings is 1. The van der Waals surface area contributed by atoms with E-state index >= 15 is 0 Å². The van der Waals surface area contributed by atoms with Gasteiger partial charge in [-0.25, -0.2) is 4.98 Å². The van der Waals surface area contributed by atoms with Crippen molar-refractivity contribution in [1.82, 2.24) is 4.98 Å². The van der Waals surface area contributed by atoms with Crippen molar-refractivity contribution in [2.24, 2.45) is 0 Å². The molecule has 3 rings (SSSR count). The number of nitrogens with zero attached hydrogens (tertiary/aromatic N) is 2. The quantitative estimate of drug-likeness (QED) is 0.427. The van der Waals surface area contributed by atoms with Crippen molar-refractivity contribution in [2.75, 3.05) is 19.1 Å². The molecule has 0 saturated carbocycles. The van der Waals surface area contributed by atoms with E-state index in [1.807, 2.05) is 53.4 Å². The number of anilines is 1. The maximum atomic E-state index is 13.1. The second kappa shape index (κ2) is 9.26. The lowest BCUT2D eigenvalue weighted by molar-refractivity contribution is -0.137. The molecule has 0 bridgehead atoms. The zero-order valence-corrected chi connectivity index (χ0v) is 17.2. The van der Waals surface area contributed by atoms with Gasteiger partial charge in [-0.15, -0.1) is 0 Å². The minimum absolute atomic E-state index is 0.347. The Bertz CT molecular complexity index is 928. The van der Waals surface area contributed by atoms with Gasteiger partial charge in [-0.05, 0) is 47.5 Å². The molecule has 0 aliphatic carbocycles. The molecule has 0 unspecified atom stereocenters. The molecule has 0 aliphatic rings. The molecule has 0 fully saturated rings. The van der Waals surface area contributed by atoms with Gasteiger partial charge >= 0.3 is 6.18 Å². The highest BCUT2D eigenvalue weighted by atomic mass is 35.5. The van der Waals surface area contributed by atoms with Crippen molar-refractivity contribution in [2.45, 2.75) is 19.3 Å². The van der Waals surface area contributed by atoms with Gasteiger partial charge in [0.15, 0.2) is 0 Å². The van der Waals surface area contributed by atoms with Gasteiger partial charge < -0.3 is 14.4 Å². The van der Waals surface area contributed by atoms with Gasteiger partial charge in [-0.2, -0.15) is 13.2 Å². The third-order valence-corrected chi connectivity index (χ3v) is 4.82. The van der Waals surface area contributed by atoms with Crippen LogP contribution >= 0.6 is 11.6 Å². The Morgan fingerprint density at radius 1 is 0.800 bits per heavy atom. The van der Waals surface area contributed by atoms with E-state index in [4.69, 9.17) is 21.1 Å². The molecule has 3 aromatic rings. The molecule has 8 heteroatoms. The van der Waals surface area contributed by atoms with Crippen molar-refractivity contribution >= 4 is 17.4 Å². The molecule has 158 valence electrons. The average Bonchev–Trinajstić information content (AvgIpc) is 2.73. The molecule has 2 aromatic carbocycles. The third kappa shape index (κ3) is 5.36. The average molecular weight is 437 g/mol. The van der Waals surface area contributed by atoms with Crippen LogP contribution in [0.2, 0.25) is 5.15 Å². The number of benzene rings is 2. The molecule has 4 nitrogen and oxygen atoms in total. The molecule has 0 saturated heterocycles. The summed E-state index contributed by atoms with van der Waals surface area (Å²) in [4.78, 5) is 5.88. The Morgan fingerprint density at radius 2 is 1.27 bits per heavy atom. The second-order valence-corrected chi connectivity index (χ2v) is 6.92. The Hall–Kier alpha value is -2.93. The number of hydrogen-bond donors (Lipinski definition) is 0. The van der Waals surface area contributed by atoms with Gasteiger partial charge in [0.25, 0.3) is 0 Å². The first-order chi connectivity index (χ1) is 14.3. The smallest absolute Gasteiger partial charge is 0.419 e. The van der Waals surface area contributed by atoms with Crippen molar-refractivity contribution in [3.05, 3.63) is 82.5 Å². The molecule has 0 radical (unpaired) electrons. The summed E-state index contributed by atoms with van der Waals surface area (Å²) in [5.74, 6) is 1.78. The highest BCUT2D eigenvalue weighted by Crippen LogP contribution is 2.35. The van der Waals surface area contributed by atoms with Crippen LogP contribution < -0.4 is 14.4 Å². The SMILES string of the molecule is COc1ccc(CN(Cc2ccc(OC)cc2)c2ccc(C(F)(F)F)c(Cl)n2)cc1. The fourth-order valence-electron chi connectivity index (χ4n) is 2.93. The normalized spacial score (nSPS) is 11.3. The van der Waals surface area contributed by atoms with Crippen LogP contribution in [0.5, 0.6) is 11.5 Å². The maximum absolute atomic E-state index is 13.1. The van der Waals surface area contributed by atoms with E-state index in [1.54, 1.807) is 14.2 Å². The molecular formula is C22H20ClF3N2O2. The number of alkyl halides is 3. The number of methoxy groups -OCH3 is 2. The minimum Gasteiger partial charge on any atom is -0.497 e. The number of hydrogen-bond acceptors (Lipinski definition) is 4. The second-order valence-electron chi connectivity index (χ2n) is 6.56. The Kier molecular flexibility index (Phi) is 6.72. The summed E-state index contributed by atoms with van der Waals surface area (Å²) in [6.07, 6.45) is -4.56. The van der Waals surface area contributed by atoms with E-state index in [1.165, 1.54) is 6.07 Å². The summed E-state index contributed by atoms with van der Waals surface area (Å²) < 4.78 is 49.5. The van der Waals surface area contributed by atoms with Gasteiger partial charge in [0.2, 0.25) is 0 Å². The summed E-state index contributed by atoms with van der Waals surface area (Å²) >= 11 is 5.85. The minimum atomic E-state index is -4.56. The zero-order valence-electron chi connectivity index (χ0n) is 16.4. The maximum Gasteiger partial charge on any atom is 0.419 e. The van der Waals surface area contributed by atoms with Crippen LogP contribution in [-0.2, 0) is 19.3 Å². The Balaban J connectivity index is 1.92. The van der Waals surface area contributed by atoms with E-state index in [-0.39, 0.29) is 0 Å². The topological polar surface area (TPSA) is 34.6 Å². The van der Waals surface area contributed by atoms with E-state index in [2.05, 4.69) is 4.98 Å². The van der Waals surface area contributed by atoms with Gasteiger partial charge in [-0.1, -0.05) is 35.9 Å². The first-order valence-corrected chi connectivity index (χ1v) is 9.42. The molecule has 0 spiro atoms. The highest BCUT2D eigenvalue weighted by molar-refractivity contribution is 6.30. The van der Waals surface area contributed by atoms with Crippen molar-refractivity contribution in [1.29, 1.82) is 0 Å². The predicted molar refractivity (Wildman–Crippen MR) is 110 cm³/mol. The number of halogens is 4. The summed E-state index contributed by atoms with van der Waals surface area (Å²) in [5.41, 5.74) is 0.936. The van der Waals surface area contributed by atoms with Crippen molar-refractivity contribution in [3.63, 3.8) is 0 Å². The predicted octanol–water partition coefficient (Wildman–Crippen LogP) is 5.98. The Morgan fingerprint density at radius 3 is 1.63 bits per heavy atom. The van der Waals surface area contributed by atoms with Crippen LogP contribution in [0.1, 0.15) is 16.7 Å². The van der Waals surface area contributed by atoms with E-state index < -0.39 is 16.9 Å². The van der Waals surface area contributed by atoms with Crippen LogP contribution in [0.4, 0.5) is 19.0 Å². The summed E-state index contributed by atoms with van der Waals surface area (Å²) in [5, 5.41) is -0.575. The lowest BCUT2D eigenvalue weighted by atomic mass is 10.1. The van der Waals surface area contributed by atoms with Crippen molar-refractivity contribution < 1.29 is 22.6 Å². The van der Waals surface area contributed by atoms with Gasteiger partial charge in [0.1, 0.15) is 22.5 Å². The van der Waals surface area contributed by atoms with E-state index in [0.29, 0.717) is 18.9 Å². The van der Waals surface area contributed by atoms with Gasteiger partial charge in [0.05, 0.1) is 19.8 Å². The zero-order chi connectivity index (χ0) is 21.7. The first-order valence-electron chi connectivity index (χ1n) is 9.04. The number of ether oxygens (including phenoxy) is 2. The fraction of sp³-hybridized carbons (Fsp3) is 0.227. The molecule has 1 aromatic heterocycles. The Labute approximate surface area is 177 Å². The van der Waals surface area contributed by atoms with E-state index in [0.717, 1.165) is 28.7 Å².